The van der Waals surface area contributed by atoms with Gasteiger partial charge in [-0.05, 0) is 12.8 Å². The Balaban J connectivity index is -0.000000131. The van der Waals surface area contributed by atoms with Crippen molar-refractivity contribution >= 4 is 0 Å². The molecule has 0 saturated heterocycles. The van der Waals surface area contributed by atoms with Crippen molar-refractivity contribution in [2.75, 3.05) is 13.2 Å². The average Bonchev–Trinajstić information content (AvgIpc) is 2.19. The number of hydrogen-bond acceptors (Lipinski definition) is 6. The molecule has 0 unspecified atom stereocenters. The van der Waals surface area contributed by atoms with E-state index in [9.17, 15) is 0 Å². The highest BCUT2D eigenvalue weighted by Gasteiger charge is 1.83. The van der Waals surface area contributed by atoms with E-state index in [4.69, 9.17) is 30.6 Å². The second kappa shape index (κ2) is 18.5. The zero-order chi connectivity index (χ0) is 12.0. The molecule has 0 heterocycles. The summed E-state index contributed by atoms with van der Waals surface area (Å²) in [5, 5.41) is 46.9. The van der Waals surface area contributed by atoms with Gasteiger partial charge in [-0.3, -0.25) is 0 Å². The van der Waals surface area contributed by atoms with Gasteiger partial charge in [-0.2, -0.15) is 0 Å². The van der Waals surface area contributed by atoms with Gasteiger partial charge in [-0.25, -0.2) is 0 Å². The Morgan fingerprint density at radius 2 is 0.857 bits per heavy atom. The Hall–Kier alpha value is -0.240. The van der Waals surface area contributed by atoms with Gasteiger partial charge in [0, 0.05) is 0 Å². The van der Waals surface area contributed by atoms with Gasteiger partial charge in [0.05, 0.1) is 13.2 Å². The molecule has 14 heavy (non-hydrogen) atoms. The lowest BCUT2D eigenvalue weighted by molar-refractivity contribution is -0.0420. The standard InChI is InChI=1S/2C3H8O2.C2H6O2/c2*1-2-3(4)5;3-1-2-4/h2*3-5H,2H2,1H3;3-4H,1-2H2. The summed E-state index contributed by atoms with van der Waals surface area (Å²) in [5.41, 5.74) is 0. The zero-order valence-corrected chi connectivity index (χ0v) is 8.67. The first-order valence-corrected chi connectivity index (χ1v) is 4.40. The van der Waals surface area contributed by atoms with Crippen molar-refractivity contribution in [2.24, 2.45) is 0 Å². The third-order valence-electron chi connectivity index (χ3n) is 0.830. The normalized spacial score (nSPS) is 9.00. The smallest absolute Gasteiger partial charge is 0.151 e. The third kappa shape index (κ3) is 60.1. The van der Waals surface area contributed by atoms with Crippen LogP contribution < -0.4 is 0 Å². The molecule has 0 aromatic rings. The van der Waals surface area contributed by atoms with Gasteiger partial charge in [0.1, 0.15) is 0 Å². The van der Waals surface area contributed by atoms with E-state index >= 15 is 0 Å². The predicted octanol–water partition coefficient (Wildman–Crippen LogP) is -1.61. The fourth-order valence-electron chi connectivity index (χ4n) is 0. The molecule has 90 valence electrons. The summed E-state index contributed by atoms with van der Waals surface area (Å²) >= 11 is 0. The molecule has 0 aliphatic carbocycles. The van der Waals surface area contributed by atoms with E-state index in [1.165, 1.54) is 0 Å². The van der Waals surface area contributed by atoms with E-state index in [-0.39, 0.29) is 13.2 Å². The van der Waals surface area contributed by atoms with Crippen molar-refractivity contribution in [2.45, 2.75) is 39.3 Å². The van der Waals surface area contributed by atoms with Gasteiger partial charge in [0.15, 0.2) is 12.6 Å². The van der Waals surface area contributed by atoms with Crippen LogP contribution in [0.3, 0.4) is 0 Å². The Bertz CT molecular complexity index is 66.2. The molecule has 0 aliphatic rings. The van der Waals surface area contributed by atoms with Crippen LogP contribution in [0.4, 0.5) is 0 Å². The highest BCUT2D eigenvalue weighted by Crippen LogP contribution is 1.77. The maximum atomic E-state index is 7.92. The van der Waals surface area contributed by atoms with E-state index in [2.05, 4.69) is 0 Å². The first kappa shape index (κ1) is 19.4. The van der Waals surface area contributed by atoms with Crippen LogP contribution in [0.2, 0.25) is 0 Å². The van der Waals surface area contributed by atoms with E-state index in [0.29, 0.717) is 12.8 Å². The molecule has 0 rings (SSSR count). The lowest BCUT2D eigenvalue weighted by Crippen LogP contribution is -1.99. The molecular formula is C8H22O6. The predicted molar refractivity (Wildman–Crippen MR) is 51.2 cm³/mol. The van der Waals surface area contributed by atoms with Crippen molar-refractivity contribution in [3.63, 3.8) is 0 Å². The molecule has 6 nitrogen and oxygen atoms in total. The fourth-order valence-corrected chi connectivity index (χ4v) is 0. The van der Waals surface area contributed by atoms with Gasteiger partial charge < -0.3 is 30.6 Å². The summed E-state index contributed by atoms with van der Waals surface area (Å²) in [5.74, 6) is 0. The van der Waals surface area contributed by atoms with Crippen LogP contribution in [0.15, 0.2) is 0 Å². The van der Waals surface area contributed by atoms with Crippen molar-refractivity contribution in [1.82, 2.24) is 0 Å². The Morgan fingerprint density at radius 3 is 0.857 bits per heavy atom. The molecule has 6 heteroatoms. The number of rotatable bonds is 3. The number of aliphatic hydroxyl groups is 6. The zero-order valence-electron chi connectivity index (χ0n) is 8.67. The van der Waals surface area contributed by atoms with E-state index in [1.54, 1.807) is 13.8 Å². The molecule has 0 aromatic carbocycles. The van der Waals surface area contributed by atoms with Crippen molar-refractivity contribution in [1.29, 1.82) is 0 Å². The summed E-state index contributed by atoms with van der Waals surface area (Å²) in [7, 11) is 0. The van der Waals surface area contributed by atoms with Crippen LogP contribution in [-0.2, 0) is 0 Å². The first-order chi connectivity index (χ1) is 6.45. The monoisotopic (exact) mass is 214 g/mol. The minimum atomic E-state index is -1.12. The van der Waals surface area contributed by atoms with Gasteiger partial charge in [-0.1, -0.05) is 13.8 Å². The minimum Gasteiger partial charge on any atom is -0.394 e. The fraction of sp³-hybridized carbons (Fsp3) is 1.00. The van der Waals surface area contributed by atoms with Crippen LogP contribution in [-0.4, -0.2) is 56.4 Å². The molecular weight excluding hydrogens is 192 g/mol. The molecule has 0 aliphatic heterocycles. The van der Waals surface area contributed by atoms with Gasteiger partial charge >= 0.3 is 0 Å². The van der Waals surface area contributed by atoms with E-state index in [0.717, 1.165) is 0 Å². The first-order valence-electron chi connectivity index (χ1n) is 4.40. The Morgan fingerprint density at radius 1 is 0.714 bits per heavy atom. The summed E-state index contributed by atoms with van der Waals surface area (Å²) in [6.45, 7) is 3.15. The summed E-state index contributed by atoms with van der Waals surface area (Å²) in [4.78, 5) is 0. The summed E-state index contributed by atoms with van der Waals surface area (Å²) < 4.78 is 0. The second-order valence-corrected chi connectivity index (χ2v) is 2.22. The van der Waals surface area contributed by atoms with Crippen LogP contribution in [0.1, 0.15) is 26.7 Å². The topological polar surface area (TPSA) is 121 Å². The lowest BCUT2D eigenvalue weighted by Gasteiger charge is -1.90. The molecule has 0 atom stereocenters. The molecule has 0 spiro atoms. The van der Waals surface area contributed by atoms with Crippen molar-refractivity contribution in [3.8, 4) is 0 Å². The number of hydrogen-bond donors (Lipinski definition) is 6. The van der Waals surface area contributed by atoms with Crippen LogP contribution in [0.5, 0.6) is 0 Å². The molecule has 0 saturated carbocycles. The largest absolute Gasteiger partial charge is 0.394 e. The van der Waals surface area contributed by atoms with E-state index in [1.807, 2.05) is 0 Å². The van der Waals surface area contributed by atoms with Crippen LogP contribution in [0, 0.1) is 0 Å². The number of aliphatic hydroxyl groups excluding tert-OH is 4. The highest BCUT2D eigenvalue weighted by atomic mass is 16.5. The maximum absolute atomic E-state index is 7.92. The molecule has 0 amide bonds. The summed E-state index contributed by atoms with van der Waals surface area (Å²) in [6, 6.07) is 0. The quantitative estimate of drug-likeness (QED) is 0.314. The molecule has 0 fully saturated rings. The van der Waals surface area contributed by atoms with Crippen molar-refractivity contribution < 1.29 is 30.6 Å². The summed E-state index contributed by atoms with van der Waals surface area (Å²) in [6.07, 6.45) is -1.40. The average molecular weight is 214 g/mol. The molecule has 6 N–H and O–H groups in total. The van der Waals surface area contributed by atoms with Gasteiger partial charge in [0.25, 0.3) is 0 Å². The Kier molecular flexibility index (Phi) is 25.6. The van der Waals surface area contributed by atoms with Crippen molar-refractivity contribution in [3.05, 3.63) is 0 Å². The third-order valence-corrected chi connectivity index (χ3v) is 0.830. The van der Waals surface area contributed by atoms with Gasteiger partial charge in [0.2, 0.25) is 0 Å². The SMILES string of the molecule is CCC(O)O.CCC(O)O.OCCO. The maximum Gasteiger partial charge on any atom is 0.151 e. The molecule has 0 radical (unpaired) electrons. The van der Waals surface area contributed by atoms with Crippen LogP contribution in [0.25, 0.3) is 0 Å². The minimum absolute atomic E-state index is 0.125. The molecule has 0 bridgehead atoms. The van der Waals surface area contributed by atoms with E-state index < -0.39 is 12.6 Å². The van der Waals surface area contributed by atoms with Gasteiger partial charge in [-0.15, -0.1) is 0 Å². The highest BCUT2D eigenvalue weighted by molar-refractivity contribution is 4.22. The molecule has 0 aromatic heterocycles. The lowest BCUT2D eigenvalue weighted by atomic mass is 10.5. The second-order valence-electron chi connectivity index (χ2n) is 2.22. The Labute approximate surface area is 84.1 Å². The van der Waals surface area contributed by atoms with Crippen LogP contribution >= 0.6 is 0 Å².